The standard InChI is InChI=1S/C17H20N4O5/c1-4-18-17(24)19-15(22)11(2)26-16(23)14-13(25-3)10-21(20-14)12-8-6-5-7-9-12/h5-11H,4H2,1-3H3,(H2,18,19,22,24). The summed E-state index contributed by atoms with van der Waals surface area (Å²) in [6, 6.07) is 8.47. The molecule has 2 N–H and O–H groups in total. The van der Waals surface area contributed by atoms with E-state index in [1.807, 2.05) is 30.3 Å². The van der Waals surface area contributed by atoms with Gasteiger partial charge in [-0.25, -0.2) is 14.3 Å². The van der Waals surface area contributed by atoms with Crippen LogP contribution in [0.4, 0.5) is 4.79 Å². The molecule has 1 heterocycles. The molecule has 2 rings (SSSR count). The van der Waals surface area contributed by atoms with E-state index in [1.54, 1.807) is 6.92 Å². The van der Waals surface area contributed by atoms with Crippen molar-refractivity contribution in [1.82, 2.24) is 20.4 Å². The fourth-order valence-corrected chi connectivity index (χ4v) is 2.05. The molecule has 0 saturated heterocycles. The van der Waals surface area contributed by atoms with Gasteiger partial charge in [-0.1, -0.05) is 18.2 Å². The smallest absolute Gasteiger partial charge is 0.363 e. The summed E-state index contributed by atoms with van der Waals surface area (Å²) in [5.74, 6) is -1.38. The van der Waals surface area contributed by atoms with Gasteiger partial charge < -0.3 is 14.8 Å². The Bertz CT molecular complexity index is 788. The lowest BCUT2D eigenvalue weighted by Crippen LogP contribution is -2.44. The van der Waals surface area contributed by atoms with Crippen LogP contribution in [0, 0.1) is 0 Å². The maximum absolute atomic E-state index is 12.3. The van der Waals surface area contributed by atoms with Crippen molar-refractivity contribution in [2.75, 3.05) is 13.7 Å². The highest BCUT2D eigenvalue weighted by Gasteiger charge is 2.25. The lowest BCUT2D eigenvalue weighted by molar-refractivity contribution is -0.127. The Morgan fingerprint density at radius 3 is 2.54 bits per heavy atom. The van der Waals surface area contributed by atoms with Gasteiger partial charge in [0.1, 0.15) is 0 Å². The molecule has 0 aliphatic heterocycles. The van der Waals surface area contributed by atoms with E-state index in [2.05, 4.69) is 15.7 Å². The summed E-state index contributed by atoms with van der Waals surface area (Å²) in [6.07, 6.45) is 0.349. The zero-order valence-corrected chi connectivity index (χ0v) is 14.7. The molecule has 0 spiro atoms. The monoisotopic (exact) mass is 360 g/mol. The van der Waals surface area contributed by atoms with Gasteiger partial charge in [0.2, 0.25) is 5.69 Å². The van der Waals surface area contributed by atoms with E-state index in [0.717, 1.165) is 5.69 Å². The molecule has 1 atom stereocenters. The number of amides is 3. The number of ether oxygens (including phenoxy) is 2. The van der Waals surface area contributed by atoms with Gasteiger partial charge in [-0.3, -0.25) is 10.1 Å². The number of urea groups is 1. The molecule has 0 saturated carbocycles. The second kappa shape index (κ2) is 8.65. The number of esters is 1. The normalized spacial score (nSPS) is 11.3. The van der Waals surface area contributed by atoms with Crippen LogP contribution in [0.2, 0.25) is 0 Å². The van der Waals surface area contributed by atoms with E-state index in [4.69, 9.17) is 9.47 Å². The Balaban J connectivity index is 2.10. The molecule has 0 fully saturated rings. The lowest BCUT2D eigenvalue weighted by Gasteiger charge is -2.12. The van der Waals surface area contributed by atoms with Gasteiger partial charge in [-0.15, -0.1) is 0 Å². The van der Waals surface area contributed by atoms with Gasteiger partial charge in [0.05, 0.1) is 19.0 Å². The average Bonchev–Trinajstić information content (AvgIpc) is 3.07. The van der Waals surface area contributed by atoms with Crippen molar-refractivity contribution in [2.45, 2.75) is 20.0 Å². The first-order valence-electron chi connectivity index (χ1n) is 7.95. The van der Waals surface area contributed by atoms with E-state index in [0.29, 0.717) is 6.54 Å². The first-order chi connectivity index (χ1) is 12.5. The van der Waals surface area contributed by atoms with Crippen molar-refractivity contribution in [1.29, 1.82) is 0 Å². The number of carbonyl (C=O) groups is 3. The molecule has 0 radical (unpaired) electrons. The number of benzene rings is 1. The second-order valence-electron chi connectivity index (χ2n) is 5.22. The van der Waals surface area contributed by atoms with Crippen molar-refractivity contribution < 1.29 is 23.9 Å². The van der Waals surface area contributed by atoms with E-state index in [-0.39, 0.29) is 11.4 Å². The predicted molar refractivity (Wildman–Crippen MR) is 92.2 cm³/mol. The highest BCUT2D eigenvalue weighted by atomic mass is 16.6. The third-order valence-corrected chi connectivity index (χ3v) is 3.34. The second-order valence-corrected chi connectivity index (χ2v) is 5.22. The Kier molecular flexibility index (Phi) is 6.31. The van der Waals surface area contributed by atoms with Crippen LogP contribution in [0.5, 0.6) is 5.75 Å². The SMILES string of the molecule is CCNC(=O)NC(=O)C(C)OC(=O)c1nn(-c2ccccc2)cc1OC. The van der Waals surface area contributed by atoms with Gasteiger partial charge in [-0.05, 0) is 26.0 Å². The molecule has 2 aromatic rings. The fraction of sp³-hybridized carbons (Fsp3) is 0.294. The summed E-state index contributed by atoms with van der Waals surface area (Å²) in [5.41, 5.74) is 0.654. The minimum Gasteiger partial charge on any atom is -0.493 e. The molecule has 9 nitrogen and oxygen atoms in total. The number of nitrogens with zero attached hydrogens (tertiary/aromatic N) is 2. The van der Waals surface area contributed by atoms with Crippen LogP contribution in [0.3, 0.4) is 0 Å². The molecule has 3 amide bonds. The van der Waals surface area contributed by atoms with Gasteiger partial charge in [0.25, 0.3) is 5.91 Å². The van der Waals surface area contributed by atoms with Crippen LogP contribution < -0.4 is 15.4 Å². The molecule has 26 heavy (non-hydrogen) atoms. The molecular weight excluding hydrogens is 340 g/mol. The number of hydrogen-bond donors (Lipinski definition) is 2. The van der Waals surface area contributed by atoms with Crippen LogP contribution >= 0.6 is 0 Å². The number of para-hydroxylation sites is 1. The number of nitrogens with one attached hydrogen (secondary N) is 2. The predicted octanol–water partition coefficient (Wildman–Crippen LogP) is 1.27. The lowest BCUT2D eigenvalue weighted by atomic mass is 10.3. The van der Waals surface area contributed by atoms with Crippen molar-refractivity contribution in [3.63, 3.8) is 0 Å². The quantitative estimate of drug-likeness (QED) is 0.751. The summed E-state index contributed by atoms with van der Waals surface area (Å²) in [5, 5.41) is 8.64. The minimum atomic E-state index is -1.18. The first-order valence-corrected chi connectivity index (χ1v) is 7.95. The van der Waals surface area contributed by atoms with Gasteiger partial charge in [0, 0.05) is 6.54 Å². The van der Waals surface area contributed by atoms with E-state index in [9.17, 15) is 14.4 Å². The zero-order valence-electron chi connectivity index (χ0n) is 14.7. The Labute approximate surface area is 150 Å². The zero-order chi connectivity index (χ0) is 19.1. The highest BCUT2D eigenvalue weighted by Crippen LogP contribution is 2.20. The molecule has 0 aliphatic rings. The van der Waals surface area contributed by atoms with Crippen LogP contribution in [-0.4, -0.2) is 47.4 Å². The molecule has 0 aliphatic carbocycles. The third-order valence-electron chi connectivity index (χ3n) is 3.34. The summed E-state index contributed by atoms with van der Waals surface area (Å²) in [7, 11) is 1.40. The molecule has 1 aromatic heterocycles. The molecule has 1 unspecified atom stereocenters. The topological polar surface area (TPSA) is 112 Å². The van der Waals surface area contributed by atoms with E-state index >= 15 is 0 Å². The van der Waals surface area contributed by atoms with Crippen molar-refractivity contribution in [3.05, 3.63) is 42.2 Å². The summed E-state index contributed by atoms with van der Waals surface area (Å²) in [6.45, 7) is 3.43. The highest BCUT2D eigenvalue weighted by molar-refractivity contribution is 5.98. The van der Waals surface area contributed by atoms with Crippen molar-refractivity contribution in [2.24, 2.45) is 0 Å². The summed E-state index contributed by atoms with van der Waals surface area (Å²) in [4.78, 5) is 35.6. The third kappa shape index (κ3) is 4.59. The fourth-order valence-electron chi connectivity index (χ4n) is 2.05. The number of imide groups is 1. The number of rotatable bonds is 6. The molecule has 138 valence electrons. The van der Waals surface area contributed by atoms with Crippen LogP contribution in [-0.2, 0) is 9.53 Å². The Morgan fingerprint density at radius 1 is 1.23 bits per heavy atom. The summed E-state index contributed by atoms with van der Waals surface area (Å²) < 4.78 is 11.7. The Hall–Kier alpha value is -3.36. The average molecular weight is 360 g/mol. The number of aromatic nitrogens is 2. The number of hydrogen-bond acceptors (Lipinski definition) is 6. The maximum Gasteiger partial charge on any atom is 0.363 e. The van der Waals surface area contributed by atoms with E-state index in [1.165, 1.54) is 24.9 Å². The van der Waals surface area contributed by atoms with Crippen molar-refractivity contribution >= 4 is 17.9 Å². The van der Waals surface area contributed by atoms with Gasteiger partial charge in [0.15, 0.2) is 11.9 Å². The number of methoxy groups -OCH3 is 1. The first kappa shape index (κ1) is 19.0. The maximum atomic E-state index is 12.3. The largest absolute Gasteiger partial charge is 0.493 e. The molecule has 9 heteroatoms. The van der Waals surface area contributed by atoms with Crippen LogP contribution in [0.15, 0.2) is 36.5 Å². The molecular formula is C17H20N4O5. The Morgan fingerprint density at radius 2 is 1.92 bits per heavy atom. The van der Waals surface area contributed by atoms with Crippen molar-refractivity contribution in [3.8, 4) is 11.4 Å². The molecule has 0 bridgehead atoms. The van der Waals surface area contributed by atoms with E-state index < -0.39 is 24.0 Å². The molecule has 1 aromatic carbocycles. The van der Waals surface area contributed by atoms with Crippen LogP contribution in [0.1, 0.15) is 24.3 Å². The minimum absolute atomic E-state index is 0.0750. The number of carbonyl (C=O) groups excluding carboxylic acids is 3. The van der Waals surface area contributed by atoms with Gasteiger partial charge >= 0.3 is 12.0 Å². The van der Waals surface area contributed by atoms with Crippen LogP contribution in [0.25, 0.3) is 5.69 Å². The summed E-state index contributed by atoms with van der Waals surface area (Å²) >= 11 is 0. The van der Waals surface area contributed by atoms with Gasteiger partial charge in [-0.2, -0.15) is 5.10 Å².